The molecule has 1 aromatic heterocycles. The zero-order chi connectivity index (χ0) is 19.8. The number of nitrogens with one attached hydrogen (secondary N) is 2. The van der Waals surface area contributed by atoms with Crippen LogP contribution in [0.1, 0.15) is 42.3 Å². The summed E-state index contributed by atoms with van der Waals surface area (Å²) < 4.78 is 5.27. The van der Waals surface area contributed by atoms with Gasteiger partial charge in [-0.1, -0.05) is 24.2 Å². The number of aliphatic imine (C=N–C) groups is 1. The number of hydrogen-bond donors (Lipinski definition) is 2. The summed E-state index contributed by atoms with van der Waals surface area (Å²) in [7, 11) is 1.80. The number of hydrogen-bond acceptors (Lipinski definition) is 4. The van der Waals surface area contributed by atoms with Crippen LogP contribution in [0.2, 0.25) is 0 Å². The lowest BCUT2D eigenvalue weighted by molar-refractivity contribution is 0.391. The SMILES string of the molecule is CCN(CCNC(=NC)NCC(C)c1c(C)noc1C)c1cccc(C)c1. The van der Waals surface area contributed by atoms with Crippen LogP contribution in [0, 0.1) is 20.8 Å². The van der Waals surface area contributed by atoms with E-state index >= 15 is 0 Å². The normalized spacial score (nSPS) is 12.7. The second-order valence-corrected chi connectivity index (χ2v) is 6.94. The summed E-state index contributed by atoms with van der Waals surface area (Å²) in [5, 5.41) is 10.9. The van der Waals surface area contributed by atoms with E-state index in [1.807, 2.05) is 13.8 Å². The molecule has 2 rings (SSSR count). The van der Waals surface area contributed by atoms with Crippen LogP contribution in [0.3, 0.4) is 0 Å². The van der Waals surface area contributed by atoms with Gasteiger partial charge in [-0.05, 0) is 45.4 Å². The minimum atomic E-state index is 0.300. The highest BCUT2D eigenvalue weighted by atomic mass is 16.5. The van der Waals surface area contributed by atoms with Gasteiger partial charge in [0.2, 0.25) is 0 Å². The minimum Gasteiger partial charge on any atom is -0.370 e. The average Bonchev–Trinajstić information content (AvgIpc) is 2.99. The first-order valence-corrected chi connectivity index (χ1v) is 9.65. The van der Waals surface area contributed by atoms with Crippen molar-refractivity contribution in [1.82, 2.24) is 15.8 Å². The lowest BCUT2D eigenvalue weighted by Crippen LogP contribution is -2.42. The molecule has 0 aliphatic heterocycles. The lowest BCUT2D eigenvalue weighted by atomic mass is 10.00. The molecule has 0 radical (unpaired) electrons. The summed E-state index contributed by atoms with van der Waals surface area (Å²) in [6, 6.07) is 8.62. The largest absolute Gasteiger partial charge is 0.370 e. The summed E-state index contributed by atoms with van der Waals surface area (Å²) in [5.41, 5.74) is 4.68. The molecule has 2 aromatic rings. The monoisotopic (exact) mass is 371 g/mol. The third kappa shape index (κ3) is 5.74. The van der Waals surface area contributed by atoms with Crippen molar-refractivity contribution in [3.8, 4) is 0 Å². The number of likely N-dealkylation sites (N-methyl/N-ethyl adjacent to an activating group) is 1. The van der Waals surface area contributed by atoms with Crippen LogP contribution in [0.15, 0.2) is 33.8 Å². The fourth-order valence-electron chi connectivity index (χ4n) is 3.37. The van der Waals surface area contributed by atoms with E-state index in [2.05, 4.69) is 70.7 Å². The Bertz CT molecular complexity index is 733. The van der Waals surface area contributed by atoms with Gasteiger partial charge in [-0.15, -0.1) is 0 Å². The van der Waals surface area contributed by atoms with Crippen LogP contribution >= 0.6 is 0 Å². The molecule has 148 valence electrons. The van der Waals surface area contributed by atoms with E-state index in [9.17, 15) is 0 Å². The first-order chi connectivity index (χ1) is 13.0. The highest BCUT2D eigenvalue weighted by molar-refractivity contribution is 5.79. The smallest absolute Gasteiger partial charge is 0.191 e. The van der Waals surface area contributed by atoms with Crippen molar-refractivity contribution in [2.45, 2.75) is 40.5 Å². The quantitative estimate of drug-likeness (QED) is 0.550. The van der Waals surface area contributed by atoms with Crippen molar-refractivity contribution in [3.05, 3.63) is 46.8 Å². The van der Waals surface area contributed by atoms with Gasteiger partial charge in [0, 0.05) is 50.4 Å². The lowest BCUT2D eigenvalue weighted by Gasteiger charge is -2.24. The number of rotatable bonds is 8. The maximum atomic E-state index is 5.27. The molecule has 0 fully saturated rings. The summed E-state index contributed by atoms with van der Waals surface area (Å²) in [6.07, 6.45) is 0. The first kappa shape index (κ1) is 20.8. The first-order valence-electron chi connectivity index (χ1n) is 9.65. The number of benzene rings is 1. The molecule has 0 bridgehead atoms. The van der Waals surface area contributed by atoms with Gasteiger partial charge in [0.05, 0.1) is 5.69 Å². The minimum absolute atomic E-state index is 0.300. The Morgan fingerprint density at radius 3 is 2.63 bits per heavy atom. The number of aromatic nitrogens is 1. The van der Waals surface area contributed by atoms with Crippen LogP contribution < -0.4 is 15.5 Å². The summed E-state index contributed by atoms with van der Waals surface area (Å²) in [5.74, 6) is 2.00. The molecule has 0 amide bonds. The van der Waals surface area contributed by atoms with Gasteiger partial charge >= 0.3 is 0 Å². The van der Waals surface area contributed by atoms with Crippen molar-refractivity contribution in [1.29, 1.82) is 0 Å². The Labute approximate surface area is 163 Å². The Balaban J connectivity index is 1.83. The van der Waals surface area contributed by atoms with Crippen molar-refractivity contribution in [2.75, 3.05) is 38.1 Å². The fourth-order valence-corrected chi connectivity index (χ4v) is 3.37. The van der Waals surface area contributed by atoms with Crippen molar-refractivity contribution in [3.63, 3.8) is 0 Å². The number of aryl methyl sites for hydroxylation is 3. The molecular weight excluding hydrogens is 338 g/mol. The highest BCUT2D eigenvalue weighted by Crippen LogP contribution is 2.22. The van der Waals surface area contributed by atoms with Crippen molar-refractivity contribution >= 4 is 11.6 Å². The van der Waals surface area contributed by atoms with Gasteiger partial charge in [0.25, 0.3) is 0 Å². The van der Waals surface area contributed by atoms with Crippen LogP contribution in [0.25, 0.3) is 0 Å². The van der Waals surface area contributed by atoms with Crippen molar-refractivity contribution in [2.24, 2.45) is 4.99 Å². The second kappa shape index (κ2) is 10.00. The molecule has 1 heterocycles. The Hall–Kier alpha value is -2.50. The summed E-state index contributed by atoms with van der Waals surface area (Å²) in [4.78, 5) is 6.69. The van der Waals surface area contributed by atoms with Gasteiger partial charge in [-0.25, -0.2) is 0 Å². The number of nitrogens with zero attached hydrogens (tertiary/aromatic N) is 3. The van der Waals surface area contributed by atoms with E-state index < -0.39 is 0 Å². The van der Waals surface area contributed by atoms with Gasteiger partial charge in [-0.2, -0.15) is 0 Å². The summed E-state index contributed by atoms with van der Waals surface area (Å²) in [6.45, 7) is 13.9. The van der Waals surface area contributed by atoms with Crippen LogP contribution in [-0.4, -0.2) is 44.3 Å². The third-order valence-corrected chi connectivity index (χ3v) is 4.80. The van der Waals surface area contributed by atoms with E-state index in [-0.39, 0.29) is 0 Å². The Morgan fingerprint density at radius 2 is 2.04 bits per heavy atom. The molecule has 6 nitrogen and oxygen atoms in total. The molecule has 0 aliphatic rings. The Morgan fingerprint density at radius 1 is 1.26 bits per heavy atom. The van der Waals surface area contributed by atoms with Gasteiger partial charge in [0.15, 0.2) is 5.96 Å². The average molecular weight is 372 g/mol. The van der Waals surface area contributed by atoms with E-state index in [1.54, 1.807) is 7.05 Å². The van der Waals surface area contributed by atoms with Crippen LogP contribution in [0.4, 0.5) is 5.69 Å². The molecule has 0 saturated heterocycles. The third-order valence-electron chi connectivity index (χ3n) is 4.80. The standard InChI is InChI=1S/C21H33N5O/c1-7-26(19-10-8-9-15(2)13-19)12-11-23-21(22-6)24-14-16(3)20-17(4)25-27-18(20)5/h8-10,13,16H,7,11-12,14H2,1-6H3,(H2,22,23,24). The van der Waals surface area contributed by atoms with E-state index in [0.717, 1.165) is 43.6 Å². The molecule has 1 unspecified atom stereocenters. The fraction of sp³-hybridized carbons (Fsp3) is 0.524. The molecule has 27 heavy (non-hydrogen) atoms. The van der Waals surface area contributed by atoms with E-state index in [1.165, 1.54) is 16.8 Å². The highest BCUT2D eigenvalue weighted by Gasteiger charge is 2.16. The number of guanidine groups is 1. The van der Waals surface area contributed by atoms with Gasteiger partial charge in [0.1, 0.15) is 5.76 Å². The molecule has 0 aliphatic carbocycles. The maximum absolute atomic E-state index is 5.27. The predicted octanol–water partition coefficient (Wildman–Crippen LogP) is 3.39. The zero-order valence-corrected chi connectivity index (χ0v) is 17.5. The van der Waals surface area contributed by atoms with Crippen molar-refractivity contribution < 1.29 is 4.52 Å². The molecule has 2 N–H and O–H groups in total. The molecular formula is C21H33N5O. The molecule has 1 atom stereocenters. The van der Waals surface area contributed by atoms with Gasteiger partial charge < -0.3 is 20.1 Å². The molecule has 0 spiro atoms. The zero-order valence-electron chi connectivity index (χ0n) is 17.5. The maximum Gasteiger partial charge on any atom is 0.191 e. The predicted molar refractivity (Wildman–Crippen MR) is 113 cm³/mol. The molecule has 1 aromatic carbocycles. The van der Waals surface area contributed by atoms with E-state index in [0.29, 0.717) is 5.92 Å². The topological polar surface area (TPSA) is 65.7 Å². The van der Waals surface area contributed by atoms with Gasteiger partial charge in [-0.3, -0.25) is 4.99 Å². The summed E-state index contributed by atoms with van der Waals surface area (Å²) >= 11 is 0. The van der Waals surface area contributed by atoms with Crippen LogP contribution in [-0.2, 0) is 0 Å². The molecule has 6 heteroatoms. The van der Waals surface area contributed by atoms with E-state index in [4.69, 9.17) is 4.52 Å². The number of anilines is 1. The van der Waals surface area contributed by atoms with Crippen LogP contribution in [0.5, 0.6) is 0 Å². The Kier molecular flexibility index (Phi) is 7.70. The molecule has 0 saturated carbocycles. The second-order valence-electron chi connectivity index (χ2n) is 6.94.